The zero-order chi connectivity index (χ0) is 33.7. The van der Waals surface area contributed by atoms with Crippen molar-refractivity contribution in [3.8, 4) is 0 Å². The SMILES string of the molecule is CC(C)CC1CCCN1S(=O)(=O)N1CCNC[C@@H]1CCc1c(F)cncc1NC(=O)CC(c1ccc(F)cc1)c1cc(F)cc(F)c1. The average molecular weight is 676 g/mol. The van der Waals surface area contributed by atoms with Crippen LogP contribution in [0.3, 0.4) is 0 Å². The van der Waals surface area contributed by atoms with Crippen molar-refractivity contribution in [2.24, 2.45) is 5.92 Å². The van der Waals surface area contributed by atoms with E-state index in [1.165, 1.54) is 34.8 Å². The number of pyridine rings is 1. The molecule has 2 aliphatic heterocycles. The predicted molar refractivity (Wildman–Crippen MR) is 172 cm³/mol. The van der Waals surface area contributed by atoms with E-state index in [0.29, 0.717) is 44.1 Å². The Hall–Kier alpha value is -3.39. The summed E-state index contributed by atoms with van der Waals surface area (Å²) in [5.41, 5.74) is 0.934. The van der Waals surface area contributed by atoms with Crippen LogP contribution in [0.25, 0.3) is 0 Å². The first-order chi connectivity index (χ1) is 22.4. The molecule has 8 nitrogen and oxygen atoms in total. The molecule has 2 saturated heterocycles. The summed E-state index contributed by atoms with van der Waals surface area (Å²) >= 11 is 0. The highest BCUT2D eigenvalue weighted by molar-refractivity contribution is 7.86. The third kappa shape index (κ3) is 8.56. The molecule has 13 heteroatoms. The summed E-state index contributed by atoms with van der Waals surface area (Å²) in [5, 5.41) is 5.96. The van der Waals surface area contributed by atoms with Crippen molar-refractivity contribution in [1.82, 2.24) is 18.9 Å². The molecule has 0 radical (unpaired) electrons. The van der Waals surface area contributed by atoms with Crippen molar-refractivity contribution < 1.29 is 30.8 Å². The highest BCUT2D eigenvalue weighted by Gasteiger charge is 2.41. The molecule has 47 heavy (non-hydrogen) atoms. The second-order valence-electron chi connectivity index (χ2n) is 12.8. The zero-order valence-corrected chi connectivity index (χ0v) is 27.4. The number of halogens is 4. The van der Waals surface area contributed by atoms with Crippen molar-refractivity contribution in [1.29, 1.82) is 0 Å². The summed E-state index contributed by atoms with van der Waals surface area (Å²) in [7, 11) is -3.75. The van der Waals surface area contributed by atoms with Gasteiger partial charge in [0.25, 0.3) is 10.2 Å². The van der Waals surface area contributed by atoms with Crippen LogP contribution in [0.15, 0.2) is 54.9 Å². The van der Waals surface area contributed by atoms with Crippen molar-refractivity contribution in [2.45, 2.75) is 70.4 Å². The molecule has 2 aromatic carbocycles. The topological polar surface area (TPSA) is 94.6 Å². The lowest BCUT2D eigenvalue weighted by atomic mass is 9.88. The number of piperazine rings is 1. The molecule has 0 bridgehead atoms. The maximum Gasteiger partial charge on any atom is 0.282 e. The highest BCUT2D eigenvalue weighted by atomic mass is 32.2. The molecule has 5 rings (SSSR count). The van der Waals surface area contributed by atoms with E-state index in [9.17, 15) is 26.4 Å². The van der Waals surface area contributed by atoms with E-state index in [4.69, 9.17) is 0 Å². The van der Waals surface area contributed by atoms with E-state index in [0.717, 1.165) is 43.7 Å². The summed E-state index contributed by atoms with van der Waals surface area (Å²) in [6, 6.07) is 7.75. The number of anilines is 1. The van der Waals surface area contributed by atoms with Crippen LogP contribution in [0.5, 0.6) is 0 Å². The van der Waals surface area contributed by atoms with Crippen LogP contribution in [0.2, 0.25) is 0 Å². The molecule has 2 fully saturated rings. The maximum atomic E-state index is 15.2. The largest absolute Gasteiger partial charge is 0.324 e. The minimum atomic E-state index is -3.75. The van der Waals surface area contributed by atoms with Crippen LogP contribution in [-0.2, 0) is 21.4 Å². The Bertz CT molecular complexity index is 1640. The fourth-order valence-electron chi connectivity index (χ4n) is 6.74. The number of nitrogens with one attached hydrogen (secondary N) is 2. The second kappa shape index (κ2) is 15.2. The molecule has 1 aromatic heterocycles. The van der Waals surface area contributed by atoms with Gasteiger partial charge in [-0.15, -0.1) is 0 Å². The van der Waals surface area contributed by atoms with Gasteiger partial charge in [-0.3, -0.25) is 9.78 Å². The Morgan fingerprint density at radius 2 is 1.66 bits per heavy atom. The number of hydrogen-bond donors (Lipinski definition) is 2. The maximum absolute atomic E-state index is 15.2. The molecule has 2 aliphatic rings. The van der Waals surface area contributed by atoms with Crippen molar-refractivity contribution >= 4 is 21.8 Å². The monoisotopic (exact) mass is 675 g/mol. The lowest BCUT2D eigenvalue weighted by molar-refractivity contribution is -0.116. The van der Waals surface area contributed by atoms with E-state index in [2.05, 4.69) is 29.5 Å². The fourth-order valence-corrected chi connectivity index (χ4v) is 8.82. The minimum absolute atomic E-state index is 0.0439. The molecule has 0 saturated carbocycles. The molecule has 2 unspecified atom stereocenters. The van der Waals surface area contributed by atoms with Crippen LogP contribution in [0.1, 0.15) is 68.6 Å². The number of nitrogens with zero attached hydrogens (tertiary/aromatic N) is 3. The van der Waals surface area contributed by atoms with Crippen molar-refractivity contribution in [2.75, 3.05) is 31.5 Å². The quantitative estimate of drug-likeness (QED) is 0.238. The van der Waals surface area contributed by atoms with Gasteiger partial charge in [-0.05, 0) is 73.4 Å². The number of amides is 1. The lowest BCUT2D eigenvalue weighted by Crippen LogP contribution is -2.58. The van der Waals surface area contributed by atoms with Crippen LogP contribution in [0.4, 0.5) is 23.2 Å². The van der Waals surface area contributed by atoms with Crippen LogP contribution >= 0.6 is 0 Å². The molecule has 1 amide bonds. The van der Waals surface area contributed by atoms with Gasteiger partial charge in [0, 0.05) is 62.2 Å². The van der Waals surface area contributed by atoms with Crippen LogP contribution in [0, 0.1) is 29.2 Å². The Labute approximate surface area is 273 Å². The van der Waals surface area contributed by atoms with Gasteiger partial charge in [0.15, 0.2) is 0 Å². The molecule has 0 spiro atoms. The number of benzene rings is 2. The molecule has 2 N–H and O–H groups in total. The zero-order valence-electron chi connectivity index (χ0n) is 26.6. The normalized spacial score (nSPS) is 20.1. The highest BCUT2D eigenvalue weighted by Crippen LogP contribution is 2.32. The molecular formula is C34H41F4N5O3S. The Morgan fingerprint density at radius 3 is 2.36 bits per heavy atom. The summed E-state index contributed by atoms with van der Waals surface area (Å²) in [6.45, 7) is 5.85. The fraction of sp³-hybridized carbons (Fsp3) is 0.471. The summed E-state index contributed by atoms with van der Waals surface area (Å²) < 4.78 is 88.1. The van der Waals surface area contributed by atoms with Gasteiger partial charge >= 0.3 is 0 Å². The standard InChI is InChI=1S/C34H41F4N5O3S/c1-22(2)14-28-4-3-12-42(28)47(45,46)43-13-11-39-19-29(43)9-10-30-32(38)20-40-21-33(30)41-34(44)18-31(23-5-7-25(35)8-6-23)24-15-26(36)17-27(37)16-24/h5-8,15-17,20-22,28-29,31,39H,3-4,9-14,18-19H2,1-2H3,(H,41,44)/t28?,29-,31?/m0/s1. The third-order valence-electron chi connectivity index (χ3n) is 8.91. The summed E-state index contributed by atoms with van der Waals surface area (Å²) in [6.07, 6.45) is 4.92. The first-order valence-corrected chi connectivity index (χ1v) is 17.4. The molecule has 3 aromatic rings. The Balaban J connectivity index is 1.33. The molecule has 0 aliphatic carbocycles. The number of aromatic nitrogens is 1. The Kier molecular flexibility index (Phi) is 11.3. The van der Waals surface area contributed by atoms with E-state index >= 15 is 4.39 Å². The van der Waals surface area contributed by atoms with Gasteiger partial charge in [0.1, 0.15) is 23.3 Å². The van der Waals surface area contributed by atoms with E-state index in [-0.39, 0.29) is 35.7 Å². The molecule has 3 atom stereocenters. The van der Waals surface area contributed by atoms with E-state index in [1.54, 1.807) is 4.31 Å². The van der Waals surface area contributed by atoms with Gasteiger partial charge in [0.05, 0.1) is 18.1 Å². The number of carbonyl (C=O) groups is 1. The molecular weight excluding hydrogens is 634 g/mol. The van der Waals surface area contributed by atoms with Crippen LogP contribution < -0.4 is 10.6 Å². The summed E-state index contributed by atoms with van der Waals surface area (Å²) in [5.74, 6) is -3.85. The lowest BCUT2D eigenvalue weighted by Gasteiger charge is -2.39. The Morgan fingerprint density at radius 1 is 0.957 bits per heavy atom. The molecule has 254 valence electrons. The average Bonchev–Trinajstić information content (AvgIpc) is 3.48. The number of rotatable bonds is 12. The van der Waals surface area contributed by atoms with Crippen molar-refractivity contribution in [3.05, 3.63) is 94.8 Å². The molecule has 3 heterocycles. The van der Waals surface area contributed by atoms with Gasteiger partial charge in [-0.25, -0.2) is 17.6 Å². The van der Waals surface area contributed by atoms with Gasteiger partial charge < -0.3 is 10.6 Å². The van der Waals surface area contributed by atoms with Gasteiger partial charge in [0.2, 0.25) is 5.91 Å². The second-order valence-corrected chi connectivity index (χ2v) is 14.6. The van der Waals surface area contributed by atoms with E-state index in [1.807, 2.05) is 0 Å². The minimum Gasteiger partial charge on any atom is -0.324 e. The van der Waals surface area contributed by atoms with Crippen LogP contribution in [-0.4, -0.2) is 66.2 Å². The predicted octanol–water partition coefficient (Wildman–Crippen LogP) is 5.76. The first kappa shape index (κ1) is 34.9. The van der Waals surface area contributed by atoms with Crippen molar-refractivity contribution in [3.63, 3.8) is 0 Å². The van der Waals surface area contributed by atoms with E-state index < -0.39 is 51.3 Å². The first-order valence-electron chi connectivity index (χ1n) is 16.1. The number of carbonyl (C=O) groups excluding carboxylic acids is 1. The van der Waals surface area contributed by atoms with Gasteiger partial charge in [-0.1, -0.05) is 26.0 Å². The summed E-state index contributed by atoms with van der Waals surface area (Å²) in [4.78, 5) is 17.3. The smallest absolute Gasteiger partial charge is 0.282 e. The van der Waals surface area contributed by atoms with Gasteiger partial charge in [-0.2, -0.15) is 17.0 Å². The third-order valence-corrected chi connectivity index (χ3v) is 11.1. The number of hydrogen-bond acceptors (Lipinski definition) is 5.